The molecule has 0 saturated heterocycles. The van der Waals surface area contributed by atoms with Gasteiger partial charge in [-0.05, 0) is 15.8 Å². The molecule has 1 aromatic rings. The largest absolute Gasteiger partial charge is 0.406 e. The van der Waals surface area contributed by atoms with E-state index in [-0.39, 0.29) is 5.82 Å². The Morgan fingerprint density at radius 3 is 2.94 bits per heavy atom. The van der Waals surface area contributed by atoms with Gasteiger partial charge in [0.2, 0.25) is 12.1 Å². The maximum atomic E-state index is 10.7. The molecule has 1 aromatic heterocycles. The number of hydrogen-bond donors (Lipinski definition) is 1. The second-order valence-corrected chi connectivity index (χ2v) is 4.18. The number of imidazole rings is 1. The quantitative estimate of drug-likeness (QED) is 0.444. The topological polar surface area (TPSA) is 82.2 Å². The van der Waals surface area contributed by atoms with E-state index in [4.69, 9.17) is 4.74 Å². The highest BCUT2D eigenvalue weighted by molar-refractivity contribution is 5.51. The van der Waals surface area contributed by atoms with Gasteiger partial charge < -0.3 is 20.2 Å². The zero-order valence-electron chi connectivity index (χ0n) is 10.3. The van der Waals surface area contributed by atoms with Crippen molar-refractivity contribution in [2.45, 2.75) is 13.8 Å². The molecule has 0 amide bonds. The lowest BCUT2D eigenvalue weighted by molar-refractivity contribution is -0.388. The Morgan fingerprint density at radius 2 is 2.35 bits per heavy atom. The van der Waals surface area contributed by atoms with Gasteiger partial charge in [-0.3, -0.25) is 4.57 Å². The standard InChI is InChI=1S/C10H18N4O3/c1-8(2)6-17-5-4-11-9-10(14(15)16)12-7-13(9)3/h7-8,11H,4-6H2,1-3H3. The minimum Gasteiger partial charge on any atom is -0.379 e. The van der Waals surface area contributed by atoms with Gasteiger partial charge in [-0.25, -0.2) is 0 Å². The lowest BCUT2D eigenvalue weighted by Gasteiger charge is -2.08. The number of hydrogen-bond acceptors (Lipinski definition) is 5. The molecular formula is C10H18N4O3. The first kappa shape index (κ1) is 13.4. The van der Waals surface area contributed by atoms with Crippen molar-refractivity contribution in [3.8, 4) is 0 Å². The summed E-state index contributed by atoms with van der Waals surface area (Å²) in [4.78, 5) is 13.9. The Morgan fingerprint density at radius 1 is 1.65 bits per heavy atom. The van der Waals surface area contributed by atoms with Crippen LogP contribution in [0.3, 0.4) is 0 Å². The summed E-state index contributed by atoms with van der Waals surface area (Å²) >= 11 is 0. The molecule has 0 aliphatic heterocycles. The number of aryl methyl sites for hydroxylation is 1. The summed E-state index contributed by atoms with van der Waals surface area (Å²) in [6.45, 7) is 5.86. The molecular weight excluding hydrogens is 224 g/mol. The van der Waals surface area contributed by atoms with E-state index in [9.17, 15) is 10.1 Å². The number of ether oxygens (including phenoxy) is 1. The number of aromatic nitrogens is 2. The van der Waals surface area contributed by atoms with Crippen LogP contribution in [0, 0.1) is 16.0 Å². The third-order valence-electron chi connectivity index (χ3n) is 2.08. The lowest BCUT2D eigenvalue weighted by Crippen LogP contribution is -2.14. The number of nitro groups is 1. The van der Waals surface area contributed by atoms with Crippen molar-refractivity contribution >= 4 is 11.6 Å². The van der Waals surface area contributed by atoms with Crippen molar-refractivity contribution in [2.75, 3.05) is 25.1 Å². The van der Waals surface area contributed by atoms with Crippen LogP contribution in [0.25, 0.3) is 0 Å². The SMILES string of the molecule is CC(C)COCCNc1c([N+](=O)[O-])ncn1C. The summed E-state index contributed by atoms with van der Waals surface area (Å²) in [5.41, 5.74) is 0. The maximum Gasteiger partial charge on any atom is 0.406 e. The van der Waals surface area contributed by atoms with E-state index in [1.165, 1.54) is 6.33 Å². The average molecular weight is 242 g/mol. The third kappa shape index (κ3) is 4.03. The van der Waals surface area contributed by atoms with Gasteiger partial charge in [0, 0.05) is 20.2 Å². The second kappa shape index (κ2) is 6.19. The van der Waals surface area contributed by atoms with Gasteiger partial charge in [-0.2, -0.15) is 0 Å². The molecule has 7 nitrogen and oxygen atoms in total. The summed E-state index contributed by atoms with van der Waals surface area (Å²) in [5.74, 6) is 0.737. The van der Waals surface area contributed by atoms with E-state index < -0.39 is 4.92 Å². The molecule has 0 aliphatic carbocycles. The Kier molecular flexibility index (Phi) is 4.89. The van der Waals surface area contributed by atoms with E-state index in [1.807, 2.05) is 0 Å². The Hall–Kier alpha value is -1.63. The van der Waals surface area contributed by atoms with Crippen LogP contribution >= 0.6 is 0 Å². The first-order chi connectivity index (χ1) is 8.02. The van der Waals surface area contributed by atoms with Gasteiger partial charge in [0.05, 0.1) is 6.61 Å². The van der Waals surface area contributed by atoms with E-state index in [0.29, 0.717) is 31.5 Å². The smallest absolute Gasteiger partial charge is 0.379 e. The summed E-state index contributed by atoms with van der Waals surface area (Å²) in [6, 6.07) is 0. The summed E-state index contributed by atoms with van der Waals surface area (Å²) in [7, 11) is 1.71. The molecule has 0 unspecified atom stereocenters. The van der Waals surface area contributed by atoms with Crippen molar-refractivity contribution < 1.29 is 9.66 Å². The highest BCUT2D eigenvalue weighted by Gasteiger charge is 2.19. The van der Waals surface area contributed by atoms with Gasteiger partial charge in [0.25, 0.3) is 0 Å². The molecule has 7 heteroatoms. The Labute approximate surface area is 99.9 Å². The van der Waals surface area contributed by atoms with Crippen LogP contribution in [0.2, 0.25) is 0 Å². The molecule has 0 atom stereocenters. The first-order valence-electron chi connectivity index (χ1n) is 5.49. The zero-order valence-corrected chi connectivity index (χ0v) is 10.3. The maximum absolute atomic E-state index is 10.7. The van der Waals surface area contributed by atoms with Gasteiger partial charge in [0.15, 0.2) is 0 Å². The molecule has 17 heavy (non-hydrogen) atoms. The van der Waals surface area contributed by atoms with Crippen molar-refractivity contribution in [1.29, 1.82) is 0 Å². The first-order valence-corrected chi connectivity index (χ1v) is 5.49. The molecule has 1 heterocycles. The normalized spacial score (nSPS) is 10.8. The number of nitrogens with zero attached hydrogens (tertiary/aromatic N) is 3. The minimum absolute atomic E-state index is 0.156. The molecule has 0 bridgehead atoms. The van der Waals surface area contributed by atoms with Crippen LogP contribution in [-0.4, -0.2) is 34.2 Å². The summed E-state index contributed by atoms with van der Waals surface area (Å²) in [5, 5.41) is 13.6. The molecule has 96 valence electrons. The third-order valence-corrected chi connectivity index (χ3v) is 2.08. The molecule has 0 spiro atoms. The van der Waals surface area contributed by atoms with Crippen LogP contribution in [0.4, 0.5) is 11.6 Å². The minimum atomic E-state index is -0.503. The Balaban J connectivity index is 2.41. The predicted molar refractivity (Wildman–Crippen MR) is 64.0 cm³/mol. The lowest BCUT2D eigenvalue weighted by atomic mass is 10.2. The van der Waals surface area contributed by atoms with Crippen LogP contribution in [0.1, 0.15) is 13.8 Å². The molecule has 1 rings (SSSR count). The van der Waals surface area contributed by atoms with Crippen molar-refractivity contribution in [2.24, 2.45) is 13.0 Å². The summed E-state index contributed by atoms with van der Waals surface area (Å²) in [6.07, 6.45) is 1.41. The van der Waals surface area contributed by atoms with Crippen molar-refractivity contribution in [3.63, 3.8) is 0 Å². The number of nitrogens with one attached hydrogen (secondary N) is 1. The van der Waals surface area contributed by atoms with Crippen LogP contribution in [0.15, 0.2) is 6.33 Å². The Bertz CT molecular complexity index is 376. The fourth-order valence-corrected chi connectivity index (χ4v) is 1.32. The molecule has 0 radical (unpaired) electrons. The average Bonchev–Trinajstić information content (AvgIpc) is 2.59. The van der Waals surface area contributed by atoms with Crippen LogP contribution < -0.4 is 5.32 Å². The number of anilines is 1. The second-order valence-electron chi connectivity index (χ2n) is 4.18. The van der Waals surface area contributed by atoms with Crippen molar-refractivity contribution in [3.05, 3.63) is 16.4 Å². The van der Waals surface area contributed by atoms with Gasteiger partial charge in [0.1, 0.15) is 0 Å². The van der Waals surface area contributed by atoms with Gasteiger partial charge in [-0.1, -0.05) is 13.8 Å². The molecule has 1 N–H and O–H groups in total. The van der Waals surface area contributed by atoms with E-state index in [0.717, 1.165) is 0 Å². The summed E-state index contributed by atoms with van der Waals surface area (Å²) < 4.78 is 6.96. The van der Waals surface area contributed by atoms with E-state index in [1.54, 1.807) is 11.6 Å². The van der Waals surface area contributed by atoms with E-state index >= 15 is 0 Å². The highest BCUT2D eigenvalue weighted by Crippen LogP contribution is 2.20. The van der Waals surface area contributed by atoms with E-state index in [2.05, 4.69) is 24.1 Å². The molecule has 0 fully saturated rings. The molecule has 0 aromatic carbocycles. The fourth-order valence-electron chi connectivity index (χ4n) is 1.32. The fraction of sp³-hybridized carbons (Fsp3) is 0.700. The molecule has 0 saturated carbocycles. The van der Waals surface area contributed by atoms with Gasteiger partial charge in [-0.15, -0.1) is 0 Å². The van der Waals surface area contributed by atoms with Gasteiger partial charge >= 0.3 is 5.82 Å². The zero-order chi connectivity index (χ0) is 12.8. The highest BCUT2D eigenvalue weighted by atomic mass is 16.6. The van der Waals surface area contributed by atoms with Crippen molar-refractivity contribution in [1.82, 2.24) is 9.55 Å². The number of rotatable bonds is 7. The van der Waals surface area contributed by atoms with Crippen LogP contribution in [0.5, 0.6) is 0 Å². The predicted octanol–water partition coefficient (Wildman–Crippen LogP) is 1.41. The molecule has 0 aliphatic rings. The van der Waals surface area contributed by atoms with Crippen LogP contribution in [-0.2, 0) is 11.8 Å². The monoisotopic (exact) mass is 242 g/mol.